The monoisotopic (exact) mass is 274 g/mol. The van der Waals surface area contributed by atoms with Crippen molar-refractivity contribution in [1.82, 2.24) is 5.32 Å². The van der Waals surface area contributed by atoms with Gasteiger partial charge in [0.1, 0.15) is 0 Å². The van der Waals surface area contributed by atoms with Crippen LogP contribution in [-0.2, 0) is 4.79 Å². The Morgan fingerprint density at radius 3 is 2.65 bits per heavy atom. The molecule has 0 heterocycles. The number of benzene rings is 1. The van der Waals surface area contributed by atoms with Crippen molar-refractivity contribution >= 4 is 11.6 Å². The molecule has 3 nitrogen and oxygen atoms in total. The van der Waals surface area contributed by atoms with Crippen molar-refractivity contribution in [1.29, 1.82) is 0 Å². The molecule has 0 bridgehead atoms. The van der Waals surface area contributed by atoms with E-state index in [9.17, 15) is 4.79 Å². The van der Waals surface area contributed by atoms with Gasteiger partial charge >= 0.3 is 0 Å². The van der Waals surface area contributed by atoms with Gasteiger partial charge in [-0.2, -0.15) is 0 Å². The first-order chi connectivity index (χ1) is 9.63. The van der Waals surface area contributed by atoms with Crippen LogP contribution in [0.5, 0.6) is 0 Å². The molecule has 3 heteroatoms. The van der Waals surface area contributed by atoms with Crippen molar-refractivity contribution in [2.75, 3.05) is 11.9 Å². The van der Waals surface area contributed by atoms with Crippen LogP contribution in [0.3, 0.4) is 0 Å². The second kappa shape index (κ2) is 7.44. The van der Waals surface area contributed by atoms with Crippen molar-refractivity contribution in [3.05, 3.63) is 29.8 Å². The zero-order valence-corrected chi connectivity index (χ0v) is 12.6. The average molecular weight is 274 g/mol. The summed E-state index contributed by atoms with van der Waals surface area (Å²) in [6, 6.07) is 8.41. The van der Waals surface area contributed by atoms with Crippen molar-refractivity contribution < 1.29 is 4.79 Å². The summed E-state index contributed by atoms with van der Waals surface area (Å²) in [7, 11) is 0. The number of carbonyl (C=O) groups excluding carboxylic acids is 1. The molecule has 2 atom stereocenters. The van der Waals surface area contributed by atoms with Crippen molar-refractivity contribution in [3.63, 3.8) is 0 Å². The number of hydrogen-bond acceptors (Lipinski definition) is 2. The molecule has 1 aromatic rings. The van der Waals surface area contributed by atoms with Crippen LogP contribution >= 0.6 is 0 Å². The van der Waals surface area contributed by atoms with Gasteiger partial charge in [-0.15, -0.1) is 0 Å². The van der Waals surface area contributed by atoms with Gasteiger partial charge in [0.25, 0.3) is 0 Å². The fourth-order valence-electron chi connectivity index (χ4n) is 2.77. The van der Waals surface area contributed by atoms with Gasteiger partial charge in [-0.25, -0.2) is 0 Å². The third kappa shape index (κ3) is 4.97. The second-order valence-electron chi connectivity index (χ2n) is 6.11. The molecular weight excluding hydrogens is 248 g/mol. The minimum absolute atomic E-state index is 0.0474. The van der Waals surface area contributed by atoms with Gasteiger partial charge in [-0.3, -0.25) is 4.79 Å². The first-order valence-corrected chi connectivity index (χ1v) is 7.73. The number of nitrogens with one attached hydrogen (secondary N) is 2. The van der Waals surface area contributed by atoms with E-state index in [4.69, 9.17) is 0 Å². The zero-order chi connectivity index (χ0) is 14.4. The van der Waals surface area contributed by atoms with E-state index in [1.807, 2.05) is 31.2 Å². The van der Waals surface area contributed by atoms with Crippen molar-refractivity contribution in [2.24, 2.45) is 5.92 Å². The lowest BCUT2D eigenvalue weighted by atomic mass is 10.0. The fourth-order valence-corrected chi connectivity index (χ4v) is 2.77. The predicted molar refractivity (Wildman–Crippen MR) is 83.8 cm³/mol. The topological polar surface area (TPSA) is 41.1 Å². The lowest BCUT2D eigenvalue weighted by Crippen LogP contribution is -2.35. The smallest absolute Gasteiger partial charge is 0.238 e. The van der Waals surface area contributed by atoms with Crippen LogP contribution in [0, 0.1) is 12.8 Å². The van der Waals surface area contributed by atoms with Crippen LogP contribution < -0.4 is 10.6 Å². The molecule has 0 saturated heterocycles. The first-order valence-electron chi connectivity index (χ1n) is 7.73. The van der Waals surface area contributed by atoms with E-state index < -0.39 is 0 Å². The van der Waals surface area contributed by atoms with E-state index in [1.54, 1.807) is 0 Å². The Bertz CT molecular complexity index is 427. The van der Waals surface area contributed by atoms with Gasteiger partial charge in [-0.05, 0) is 44.2 Å². The maximum Gasteiger partial charge on any atom is 0.238 e. The number of hydrogen-bond donors (Lipinski definition) is 2. The van der Waals surface area contributed by atoms with Crippen LogP contribution in [0.15, 0.2) is 24.3 Å². The summed E-state index contributed by atoms with van der Waals surface area (Å²) in [5.41, 5.74) is 2.07. The summed E-state index contributed by atoms with van der Waals surface area (Å²) in [5, 5.41) is 6.33. The highest BCUT2D eigenvalue weighted by Crippen LogP contribution is 2.22. The number of anilines is 1. The van der Waals surface area contributed by atoms with E-state index in [-0.39, 0.29) is 5.91 Å². The fraction of sp³-hybridized carbons (Fsp3) is 0.588. The summed E-state index contributed by atoms with van der Waals surface area (Å²) in [6.07, 6.45) is 6.27. The molecule has 1 fully saturated rings. The molecule has 20 heavy (non-hydrogen) atoms. The lowest BCUT2D eigenvalue weighted by molar-refractivity contribution is -0.115. The molecule has 0 spiro atoms. The minimum Gasteiger partial charge on any atom is -0.325 e. The van der Waals surface area contributed by atoms with Crippen molar-refractivity contribution in [2.45, 2.75) is 52.0 Å². The summed E-state index contributed by atoms with van der Waals surface area (Å²) >= 11 is 0. The quantitative estimate of drug-likeness (QED) is 0.825. The third-order valence-corrected chi connectivity index (χ3v) is 4.14. The van der Waals surface area contributed by atoms with E-state index in [0.717, 1.165) is 11.6 Å². The number of carbonyl (C=O) groups is 1. The van der Waals surface area contributed by atoms with Gasteiger partial charge in [0.15, 0.2) is 0 Å². The SMILES string of the molecule is Cc1ccc(NC(=O)CNC2CCCC(C)CC2)cc1. The highest BCUT2D eigenvalue weighted by atomic mass is 16.1. The lowest BCUT2D eigenvalue weighted by Gasteiger charge is -2.16. The molecule has 1 saturated carbocycles. The number of aryl methyl sites for hydroxylation is 1. The van der Waals surface area contributed by atoms with Crippen LogP contribution in [0.2, 0.25) is 0 Å². The first kappa shape index (κ1) is 15.0. The van der Waals surface area contributed by atoms with Gasteiger partial charge in [0.05, 0.1) is 6.54 Å². The highest BCUT2D eigenvalue weighted by Gasteiger charge is 2.16. The predicted octanol–water partition coefficient (Wildman–Crippen LogP) is 3.49. The molecule has 0 aliphatic heterocycles. The Balaban J connectivity index is 1.73. The highest BCUT2D eigenvalue weighted by molar-refractivity contribution is 5.92. The largest absolute Gasteiger partial charge is 0.325 e. The summed E-state index contributed by atoms with van der Waals surface area (Å²) in [4.78, 5) is 11.9. The Kier molecular flexibility index (Phi) is 5.60. The zero-order valence-electron chi connectivity index (χ0n) is 12.6. The molecular formula is C17H26N2O. The maximum atomic E-state index is 11.9. The second-order valence-corrected chi connectivity index (χ2v) is 6.11. The molecule has 110 valence electrons. The van der Waals surface area contributed by atoms with Gasteiger partial charge in [0, 0.05) is 11.7 Å². The van der Waals surface area contributed by atoms with Crippen LogP contribution in [0.25, 0.3) is 0 Å². The Hall–Kier alpha value is -1.35. The van der Waals surface area contributed by atoms with Gasteiger partial charge < -0.3 is 10.6 Å². The van der Waals surface area contributed by atoms with Crippen LogP contribution in [-0.4, -0.2) is 18.5 Å². The Morgan fingerprint density at radius 2 is 1.90 bits per heavy atom. The number of rotatable bonds is 4. The summed E-state index contributed by atoms with van der Waals surface area (Å²) in [6.45, 7) is 4.78. The van der Waals surface area contributed by atoms with E-state index >= 15 is 0 Å². The molecule has 1 amide bonds. The molecule has 0 radical (unpaired) electrons. The van der Waals surface area contributed by atoms with Crippen LogP contribution in [0.4, 0.5) is 5.69 Å². The third-order valence-electron chi connectivity index (χ3n) is 4.14. The Morgan fingerprint density at radius 1 is 1.15 bits per heavy atom. The maximum absolute atomic E-state index is 11.9. The molecule has 1 aliphatic rings. The van der Waals surface area contributed by atoms with E-state index in [1.165, 1.54) is 37.7 Å². The molecule has 0 aromatic heterocycles. The standard InChI is InChI=1S/C17H26N2O/c1-13-4-3-5-15(9-6-13)18-12-17(20)19-16-10-7-14(2)8-11-16/h7-8,10-11,13,15,18H,3-6,9,12H2,1-2H3,(H,19,20). The van der Waals surface area contributed by atoms with E-state index in [2.05, 4.69) is 17.6 Å². The minimum atomic E-state index is 0.0474. The van der Waals surface area contributed by atoms with Gasteiger partial charge in [-0.1, -0.05) is 37.5 Å². The molecule has 1 aliphatic carbocycles. The number of amides is 1. The Labute approximate surface area is 122 Å². The van der Waals surface area contributed by atoms with Gasteiger partial charge in [0.2, 0.25) is 5.91 Å². The summed E-state index contributed by atoms with van der Waals surface area (Å²) in [5.74, 6) is 0.884. The normalized spacial score (nSPS) is 23.1. The molecule has 2 N–H and O–H groups in total. The average Bonchev–Trinajstić information content (AvgIpc) is 2.64. The van der Waals surface area contributed by atoms with Crippen LogP contribution in [0.1, 0.15) is 44.6 Å². The van der Waals surface area contributed by atoms with E-state index in [0.29, 0.717) is 12.6 Å². The van der Waals surface area contributed by atoms with Crippen molar-refractivity contribution in [3.8, 4) is 0 Å². The summed E-state index contributed by atoms with van der Waals surface area (Å²) < 4.78 is 0. The molecule has 2 unspecified atom stereocenters. The molecule has 2 rings (SSSR count). The molecule has 1 aromatic carbocycles.